The molecule has 0 bridgehead atoms. The number of aliphatic carboxylic acids is 1. The number of aliphatic hydroxyl groups excluding tert-OH is 5. The SMILES string of the molecule is O=C(O)C(O)C(O)C(O)C(O)CO.[BeH2]. The van der Waals surface area contributed by atoms with Gasteiger partial charge in [0, 0.05) is 0 Å². The molecule has 0 spiro atoms. The van der Waals surface area contributed by atoms with Gasteiger partial charge in [-0.1, -0.05) is 0 Å². The Kier molecular flexibility index (Phi) is 7.75. The first kappa shape index (κ1) is 15.9. The summed E-state index contributed by atoms with van der Waals surface area (Å²) in [7, 11) is 0. The van der Waals surface area contributed by atoms with Gasteiger partial charge in [0.25, 0.3) is 0 Å². The van der Waals surface area contributed by atoms with Gasteiger partial charge in [-0.2, -0.15) is 0 Å². The van der Waals surface area contributed by atoms with Crippen LogP contribution >= 0.6 is 0 Å². The van der Waals surface area contributed by atoms with Crippen LogP contribution in [0.3, 0.4) is 0 Å². The fourth-order valence-electron chi connectivity index (χ4n) is 0.668. The summed E-state index contributed by atoms with van der Waals surface area (Å²) in [5.41, 5.74) is 0. The molecule has 0 aromatic heterocycles. The first-order valence-electron chi connectivity index (χ1n) is 3.47. The molecule has 0 aliphatic heterocycles. The van der Waals surface area contributed by atoms with Gasteiger partial charge < -0.3 is 30.6 Å². The van der Waals surface area contributed by atoms with Crippen molar-refractivity contribution in [1.82, 2.24) is 0 Å². The van der Waals surface area contributed by atoms with Crippen molar-refractivity contribution in [3.05, 3.63) is 0 Å². The molecule has 0 aromatic carbocycles. The predicted molar refractivity (Wildman–Crippen MR) is 47.3 cm³/mol. The molecule has 0 aliphatic carbocycles. The zero-order valence-corrected chi connectivity index (χ0v) is 6.61. The minimum atomic E-state index is -2.20. The maximum atomic E-state index is 10.1. The van der Waals surface area contributed by atoms with Crippen molar-refractivity contribution < 1.29 is 35.4 Å². The zero-order chi connectivity index (χ0) is 10.6. The molecule has 0 radical (unpaired) electrons. The molecule has 14 heavy (non-hydrogen) atoms. The minimum absolute atomic E-state index is 0. The van der Waals surface area contributed by atoms with Crippen LogP contribution in [0.5, 0.6) is 0 Å². The van der Waals surface area contributed by atoms with Crippen LogP contribution in [-0.2, 0) is 4.79 Å². The van der Waals surface area contributed by atoms with E-state index in [2.05, 4.69) is 0 Å². The van der Waals surface area contributed by atoms with Crippen molar-refractivity contribution in [3.8, 4) is 0 Å². The van der Waals surface area contributed by atoms with Crippen LogP contribution in [0.2, 0.25) is 0 Å². The Morgan fingerprint density at radius 2 is 1.50 bits per heavy atom. The number of carboxylic acids is 1. The van der Waals surface area contributed by atoms with Crippen LogP contribution in [-0.4, -0.2) is 77.8 Å². The van der Waals surface area contributed by atoms with Gasteiger partial charge in [0.1, 0.15) is 18.3 Å². The van der Waals surface area contributed by atoms with Gasteiger partial charge in [0.2, 0.25) is 0 Å². The van der Waals surface area contributed by atoms with Crippen molar-refractivity contribution in [2.45, 2.75) is 24.4 Å². The summed E-state index contributed by atoms with van der Waals surface area (Å²) >= 11 is 0. The molecule has 7 nitrogen and oxygen atoms in total. The molecule has 0 amide bonds. The average Bonchev–Trinajstić information content (AvgIpc) is 2.12. The third-order valence-corrected chi connectivity index (χ3v) is 1.51. The van der Waals surface area contributed by atoms with E-state index in [0.29, 0.717) is 0 Å². The van der Waals surface area contributed by atoms with E-state index in [-0.39, 0.29) is 10.1 Å². The zero-order valence-electron chi connectivity index (χ0n) is 6.61. The van der Waals surface area contributed by atoms with Crippen LogP contribution in [0.25, 0.3) is 0 Å². The second kappa shape index (κ2) is 6.83. The molecule has 4 atom stereocenters. The molecular formula is C6H14BeO7. The number of hydrogen-bond donors (Lipinski definition) is 6. The number of aliphatic hydroxyl groups is 5. The summed E-state index contributed by atoms with van der Waals surface area (Å²) < 4.78 is 0. The van der Waals surface area contributed by atoms with E-state index in [1.165, 1.54) is 0 Å². The standard InChI is InChI=1S/C6H12O7.Be.2H/c7-1-2(8)3(9)4(10)5(11)6(12)13;;;/h2-5,7-11H,1H2,(H,12,13);;;. The van der Waals surface area contributed by atoms with Gasteiger partial charge in [0.05, 0.1) is 6.61 Å². The van der Waals surface area contributed by atoms with Gasteiger partial charge in [-0.05, 0) is 0 Å². The topological polar surface area (TPSA) is 138 Å². The normalized spacial score (nSPS) is 18.9. The maximum absolute atomic E-state index is 10.1. The van der Waals surface area contributed by atoms with Crippen molar-refractivity contribution in [1.29, 1.82) is 0 Å². The molecule has 0 saturated carbocycles. The predicted octanol–water partition coefficient (Wildman–Crippen LogP) is -4.41. The molecule has 4 unspecified atom stereocenters. The van der Waals surface area contributed by atoms with E-state index < -0.39 is 37.0 Å². The number of rotatable bonds is 5. The summed E-state index contributed by atoms with van der Waals surface area (Å²) in [6.45, 7) is -0.843. The van der Waals surface area contributed by atoms with E-state index in [9.17, 15) is 4.79 Å². The summed E-state index contributed by atoms with van der Waals surface area (Å²) in [6.07, 6.45) is -7.84. The summed E-state index contributed by atoms with van der Waals surface area (Å²) in [5.74, 6) is -1.73. The van der Waals surface area contributed by atoms with E-state index in [1.807, 2.05) is 0 Å². The van der Waals surface area contributed by atoms with E-state index in [0.717, 1.165) is 0 Å². The van der Waals surface area contributed by atoms with Gasteiger partial charge >= 0.3 is 16.1 Å². The molecule has 82 valence electrons. The average molecular weight is 207 g/mol. The van der Waals surface area contributed by atoms with Crippen molar-refractivity contribution in [2.24, 2.45) is 0 Å². The molecule has 6 N–H and O–H groups in total. The molecular weight excluding hydrogens is 193 g/mol. The molecule has 0 saturated heterocycles. The van der Waals surface area contributed by atoms with Crippen LogP contribution in [0.15, 0.2) is 0 Å². The summed E-state index contributed by atoms with van der Waals surface area (Å²) in [4.78, 5) is 10.1. The quantitative estimate of drug-likeness (QED) is 0.250. The molecule has 0 rings (SSSR count). The molecule has 0 fully saturated rings. The van der Waals surface area contributed by atoms with E-state index in [4.69, 9.17) is 30.6 Å². The molecule has 0 aromatic rings. The summed E-state index contributed by atoms with van der Waals surface area (Å²) in [6, 6.07) is 0. The number of carboxylic acid groups (broad SMARTS) is 1. The van der Waals surface area contributed by atoms with Gasteiger partial charge in [-0.3, -0.25) is 0 Å². The van der Waals surface area contributed by atoms with Gasteiger partial charge in [-0.25, -0.2) is 4.79 Å². The van der Waals surface area contributed by atoms with Crippen LogP contribution in [0.4, 0.5) is 0 Å². The van der Waals surface area contributed by atoms with Crippen LogP contribution in [0, 0.1) is 0 Å². The number of hydrogen-bond acceptors (Lipinski definition) is 6. The third-order valence-electron chi connectivity index (χ3n) is 1.51. The molecule has 8 heteroatoms. The Morgan fingerprint density at radius 3 is 1.79 bits per heavy atom. The summed E-state index contributed by atoms with van der Waals surface area (Å²) in [5, 5.41) is 51.8. The second-order valence-corrected chi connectivity index (χ2v) is 2.51. The monoisotopic (exact) mass is 207 g/mol. The van der Waals surface area contributed by atoms with Crippen LogP contribution < -0.4 is 0 Å². The Morgan fingerprint density at radius 1 is 1.07 bits per heavy atom. The fourth-order valence-corrected chi connectivity index (χ4v) is 0.668. The van der Waals surface area contributed by atoms with Crippen molar-refractivity contribution >= 4 is 16.1 Å². The Balaban J connectivity index is 0. The first-order valence-corrected chi connectivity index (χ1v) is 3.47. The Hall–Kier alpha value is -0.561. The fraction of sp³-hybridized carbons (Fsp3) is 0.833. The Bertz CT molecular complexity index is 176. The Labute approximate surface area is 83.5 Å². The molecule has 0 heterocycles. The van der Waals surface area contributed by atoms with Crippen LogP contribution in [0.1, 0.15) is 0 Å². The first-order chi connectivity index (χ1) is 5.91. The molecule has 0 aliphatic rings. The number of carbonyl (C=O) groups is 1. The van der Waals surface area contributed by atoms with Gasteiger partial charge in [-0.15, -0.1) is 0 Å². The van der Waals surface area contributed by atoms with E-state index >= 15 is 0 Å². The van der Waals surface area contributed by atoms with Gasteiger partial charge in [0.15, 0.2) is 6.10 Å². The van der Waals surface area contributed by atoms with E-state index in [1.54, 1.807) is 0 Å². The van der Waals surface area contributed by atoms with Crippen molar-refractivity contribution in [2.75, 3.05) is 6.61 Å². The third kappa shape index (κ3) is 4.10. The second-order valence-electron chi connectivity index (χ2n) is 2.51. The van der Waals surface area contributed by atoms with Crippen molar-refractivity contribution in [3.63, 3.8) is 0 Å².